The lowest BCUT2D eigenvalue weighted by Crippen LogP contribution is -2.41. The molecule has 1 amide bonds. The van der Waals surface area contributed by atoms with Gasteiger partial charge in [0.2, 0.25) is 5.91 Å². The molecule has 126 valence electrons. The van der Waals surface area contributed by atoms with Crippen LogP contribution in [0.15, 0.2) is 24.3 Å². The lowest BCUT2D eigenvalue weighted by Gasteiger charge is -2.25. The van der Waals surface area contributed by atoms with E-state index in [-0.39, 0.29) is 30.8 Å². The summed E-state index contributed by atoms with van der Waals surface area (Å²) in [6.45, 7) is 2.43. The van der Waals surface area contributed by atoms with Gasteiger partial charge < -0.3 is 14.7 Å². The van der Waals surface area contributed by atoms with E-state index in [9.17, 15) is 19.1 Å². The summed E-state index contributed by atoms with van der Waals surface area (Å²) in [5, 5.41) is 9.44. The second kappa shape index (κ2) is 7.08. The lowest BCUT2D eigenvalue weighted by atomic mass is 9.88. The highest BCUT2D eigenvalue weighted by Gasteiger charge is 2.46. The van der Waals surface area contributed by atoms with Crippen LogP contribution in [0.5, 0.6) is 0 Å². The number of amides is 1. The predicted octanol–water partition coefficient (Wildman–Crippen LogP) is 1.95. The Kier molecular flexibility index (Phi) is 5.36. The molecule has 1 heterocycles. The van der Waals surface area contributed by atoms with Crippen molar-refractivity contribution in [1.29, 1.82) is 0 Å². The van der Waals surface area contributed by atoms with Gasteiger partial charge in [-0.1, -0.05) is 19.1 Å². The first-order valence-electron chi connectivity index (χ1n) is 7.63. The summed E-state index contributed by atoms with van der Waals surface area (Å²) < 4.78 is 18.2. The summed E-state index contributed by atoms with van der Waals surface area (Å²) >= 11 is 0. The van der Waals surface area contributed by atoms with Crippen molar-refractivity contribution in [3.63, 3.8) is 0 Å². The van der Waals surface area contributed by atoms with Gasteiger partial charge in [-0.25, -0.2) is 4.39 Å². The Morgan fingerprint density at radius 3 is 2.83 bits per heavy atom. The summed E-state index contributed by atoms with van der Waals surface area (Å²) in [7, 11) is 1.46. The number of likely N-dealkylation sites (tertiary alicyclic amines) is 1. The topological polar surface area (TPSA) is 66.8 Å². The number of carbonyl (C=O) groups excluding carboxylic acids is 1. The van der Waals surface area contributed by atoms with Crippen molar-refractivity contribution in [2.24, 2.45) is 11.3 Å². The Hall–Kier alpha value is -1.95. The van der Waals surface area contributed by atoms with E-state index in [2.05, 4.69) is 0 Å². The normalized spacial score (nSPS) is 22.1. The SMILES string of the molecule is COCC1(C(=O)O)CCN(C(=O)C(C)Cc2cccc(F)c2)C1. The van der Waals surface area contributed by atoms with E-state index in [1.165, 1.54) is 19.2 Å². The fraction of sp³-hybridized carbons (Fsp3) is 0.529. The van der Waals surface area contributed by atoms with Gasteiger partial charge in [0.1, 0.15) is 11.2 Å². The fourth-order valence-corrected chi connectivity index (χ4v) is 3.11. The van der Waals surface area contributed by atoms with Crippen molar-refractivity contribution >= 4 is 11.9 Å². The number of benzene rings is 1. The van der Waals surface area contributed by atoms with Crippen LogP contribution < -0.4 is 0 Å². The quantitative estimate of drug-likeness (QED) is 0.869. The molecule has 0 aliphatic carbocycles. The van der Waals surface area contributed by atoms with Crippen LogP contribution >= 0.6 is 0 Å². The molecule has 0 radical (unpaired) electrons. The van der Waals surface area contributed by atoms with Crippen molar-refractivity contribution < 1.29 is 23.8 Å². The van der Waals surface area contributed by atoms with E-state index < -0.39 is 11.4 Å². The zero-order valence-corrected chi connectivity index (χ0v) is 13.4. The van der Waals surface area contributed by atoms with Gasteiger partial charge in [0.05, 0.1) is 6.61 Å². The van der Waals surface area contributed by atoms with E-state index in [1.807, 2.05) is 0 Å². The highest BCUT2D eigenvalue weighted by Crippen LogP contribution is 2.32. The number of rotatable bonds is 6. The van der Waals surface area contributed by atoms with Gasteiger partial charge in [-0.05, 0) is 30.5 Å². The standard InChI is InChI=1S/C17H22FNO4/c1-12(8-13-4-3-5-14(18)9-13)15(20)19-7-6-17(10-19,11-23-2)16(21)22/h3-5,9,12H,6-8,10-11H2,1-2H3,(H,21,22). The van der Waals surface area contributed by atoms with Crippen LogP contribution in [-0.2, 0) is 20.7 Å². The number of carboxylic acid groups (broad SMARTS) is 1. The molecule has 1 aromatic carbocycles. The first-order chi connectivity index (χ1) is 10.9. The molecule has 2 atom stereocenters. The molecule has 23 heavy (non-hydrogen) atoms. The number of halogens is 1. The first-order valence-corrected chi connectivity index (χ1v) is 7.63. The number of nitrogens with zero attached hydrogens (tertiary/aromatic N) is 1. The Morgan fingerprint density at radius 1 is 1.48 bits per heavy atom. The van der Waals surface area contributed by atoms with Crippen LogP contribution in [0.2, 0.25) is 0 Å². The molecule has 1 saturated heterocycles. The van der Waals surface area contributed by atoms with Gasteiger partial charge in [0, 0.05) is 26.1 Å². The van der Waals surface area contributed by atoms with Gasteiger partial charge >= 0.3 is 5.97 Å². The molecule has 0 bridgehead atoms. The van der Waals surface area contributed by atoms with Gasteiger partial charge in [-0.15, -0.1) is 0 Å². The summed E-state index contributed by atoms with van der Waals surface area (Å²) in [6, 6.07) is 6.18. The van der Waals surface area contributed by atoms with Crippen LogP contribution in [-0.4, -0.2) is 48.7 Å². The van der Waals surface area contributed by atoms with Crippen LogP contribution in [0.1, 0.15) is 18.9 Å². The van der Waals surface area contributed by atoms with Gasteiger partial charge in [0.25, 0.3) is 0 Å². The monoisotopic (exact) mass is 323 g/mol. The van der Waals surface area contributed by atoms with Crippen molar-refractivity contribution in [2.75, 3.05) is 26.8 Å². The second-order valence-corrected chi connectivity index (χ2v) is 6.26. The zero-order valence-electron chi connectivity index (χ0n) is 13.4. The molecule has 6 heteroatoms. The van der Waals surface area contributed by atoms with Crippen LogP contribution in [0.25, 0.3) is 0 Å². The summed E-state index contributed by atoms with van der Waals surface area (Å²) in [5.41, 5.74) is -0.269. The van der Waals surface area contributed by atoms with E-state index >= 15 is 0 Å². The molecule has 1 aromatic rings. The van der Waals surface area contributed by atoms with Crippen LogP contribution in [0.3, 0.4) is 0 Å². The van der Waals surface area contributed by atoms with Crippen molar-refractivity contribution in [3.05, 3.63) is 35.6 Å². The summed E-state index contributed by atoms with van der Waals surface area (Å²) in [6.07, 6.45) is 0.812. The van der Waals surface area contributed by atoms with Gasteiger partial charge in [-0.2, -0.15) is 0 Å². The molecule has 5 nitrogen and oxygen atoms in total. The van der Waals surface area contributed by atoms with Gasteiger partial charge in [0.15, 0.2) is 0 Å². The van der Waals surface area contributed by atoms with Crippen molar-refractivity contribution in [3.8, 4) is 0 Å². The van der Waals surface area contributed by atoms with E-state index in [1.54, 1.807) is 24.0 Å². The molecule has 1 aliphatic rings. The molecule has 1 fully saturated rings. The van der Waals surface area contributed by atoms with E-state index in [4.69, 9.17) is 4.74 Å². The number of carbonyl (C=O) groups is 2. The van der Waals surface area contributed by atoms with Crippen LogP contribution in [0.4, 0.5) is 4.39 Å². The molecule has 2 unspecified atom stereocenters. The summed E-state index contributed by atoms with van der Waals surface area (Å²) in [4.78, 5) is 25.6. The number of ether oxygens (including phenoxy) is 1. The van der Waals surface area contributed by atoms with Crippen molar-refractivity contribution in [1.82, 2.24) is 4.90 Å². The number of hydrogen-bond acceptors (Lipinski definition) is 3. The highest BCUT2D eigenvalue weighted by atomic mass is 19.1. The molecule has 1 N–H and O–H groups in total. The van der Waals surface area contributed by atoms with E-state index in [0.717, 1.165) is 5.56 Å². The predicted molar refractivity (Wildman–Crippen MR) is 82.4 cm³/mol. The first kappa shape index (κ1) is 17.4. The number of aliphatic carboxylic acids is 1. The molecule has 0 saturated carbocycles. The molecule has 0 spiro atoms. The van der Waals surface area contributed by atoms with Crippen LogP contribution in [0, 0.1) is 17.2 Å². The largest absolute Gasteiger partial charge is 0.481 e. The molecule has 2 rings (SSSR count). The molecular weight excluding hydrogens is 301 g/mol. The maximum absolute atomic E-state index is 13.2. The Labute approximate surface area is 135 Å². The maximum Gasteiger partial charge on any atom is 0.313 e. The average molecular weight is 323 g/mol. The molecule has 1 aliphatic heterocycles. The Morgan fingerprint density at radius 2 is 2.22 bits per heavy atom. The number of methoxy groups -OCH3 is 1. The fourth-order valence-electron chi connectivity index (χ4n) is 3.11. The third-order valence-corrected chi connectivity index (χ3v) is 4.39. The van der Waals surface area contributed by atoms with E-state index in [0.29, 0.717) is 19.4 Å². The minimum atomic E-state index is -1.02. The number of hydrogen-bond donors (Lipinski definition) is 1. The van der Waals surface area contributed by atoms with Crippen molar-refractivity contribution in [2.45, 2.75) is 19.8 Å². The summed E-state index contributed by atoms with van der Waals surface area (Å²) in [5.74, 6) is -1.70. The Balaban J connectivity index is 2.02. The Bertz CT molecular complexity index is 592. The highest BCUT2D eigenvalue weighted by molar-refractivity contribution is 5.82. The zero-order chi connectivity index (χ0) is 17.0. The third kappa shape index (κ3) is 3.88. The minimum Gasteiger partial charge on any atom is -0.481 e. The maximum atomic E-state index is 13.2. The average Bonchev–Trinajstić information content (AvgIpc) is 2.92. The molecule has 0 aromatic heterocycles. The second-order valence-electron chi connectivity index (χ2n) is 6.26. The minimum absolute atomic E-state index is 0.0877. The number of carboxylic acids is 1. The lowest BCUT2D eigenvalue weighted by molar-refractivity contribution is -0.151. The van der Waals surface area contributed by atoms with Gasteiger partial charge in [-0.3, -0.25) is 9.59 Å². The molecular formula is C17H22FNO4. The smallest absolute Gasteiger partial charge is 0.313 e. The third-order valence-electron chi connectivity index (χ3n) is 4.39.